The van der Waals surface area contributed by atoms with E-state index < -0.39 is 41.7 Å². The van der Waals surface area contributed by atoms with Crippen molar-refractivity contribution in [3.63, 3.8) is 0 Å². The van der Waals surface area contributed by atoms with Gasteiger partial charge in [0, 0.05) is 0 Å². The molecule has 0 aliphatic heterocycles. The molecule has 0 fully saturated rings. The van der Waals surface area contributed by atoms with Crippen LogP contribution < -0.4 is 0 Å². The Labute approximate surface area is 131 Å². The number of rotatable bonds is 7. The number of phenols is 2. The summed E-state index contributed by atoms with van der Waals surface area (Å²) in [5.41, 5.74) is 0.306. The standard InChI is InChI=1S/C15H18O8/c1-7(16)12(20)14(22)15(23)13(21)10(18)5-3-8-2-4-9(17)11(19)6-8/h2-7,12,14-17,19-20,22-23H,1H3/b5-3+/t7-,12-,14+,15-/m0/s1. The number of aromatic hydroxyl groups is 2. The number of allylic oxidation sites excluding steroid dienone is 1. The smallest absolute Gasteiger partial charge is 0.233 e. The molecular formula is C15H18O8. The molecule has 8 heteroatoms. The Balaban J connectivity index is 2.78. The van der Waals surface area contributed by atoms with E-state index in [9.17, 15) is 30.0 Å². The van der Waals surface area contributed by atoms with E-state index in [0.29, 0.717) is 5.56 Å². The van der Waals surface area contributed by atoms with Crippen LogP contribution in [0.1, 0.15) is 12.5 Å². The van der Waals surface area contributed by atoms with Crippen LogP contribution in [0, 0.1) is 0 Å². The first-order valence-corrected chi connectivity index (χ1v) is 6.65. The van der Waals surface area contributed by atoms with Crippen molar-refractivity contribution in [3.8, 4) is 11.5 Å². The van der Waals surface area contributed by atoms with Gasteiger partial charge in [0.05, 0.1) is 6.10 Å². The van der Waals surface area contributed by atoms with Gasteiger partial charge in [-0.05, 0) is 30.7 Å². The second kappa shape index (κ2) is 7.84. The molecule has 0 saturated heterocycles. The van der Waals surface area contributed by atoms with Crippen LogP contribution in [-0.4, -0.2) is 66.6 Å². The Morgan fingerprint density at radius 3 is 2.13 bits per heavy atom. The van der Waals surface area contributed by atoms with Crippen molar-refractivity contribution >= 4 is 17.6 Å². The van der Waals surface area contributed by atoms with Gasteiger partial charge in [-0.15, -0.1) is 0 Å². The molecule has 0 bridgehead atoms. The molecule has 4 atom stereocenters. The summed E-state index contributed by atoms with van der Waals surface area (Å²) in [5, 5.41) is 55.9. The van der Waals surface area contributed by atoms with Crippen LogP contribution in [-0.2, 0) is 9.59 Å². The lowest BCUT2D eigenvalue weighted by Gasteiger charge is -2.23. The fourth-order valence-electron chi connectivity index (χ4n) is 1.67. The molecule has 0 spiro atoms. The third kappa shape index (κ3) is 4.86. The summed E-state index contributed by atoms with van der Waals surface area (Å²) in [6.07, 6.45) is -5.44. The van der Waals surface area contributed by atoms with Crippen molar-refractivity contribution in [2.45, 2.75) is 31.3 Å². The number of phenolic OH excluding ortho intramolecular Hbond substituents is 2. The monoisotopic (exact) mass is 326 g/mol. The maximum Gasteiger partial charge on any atom is 0.233 e. The molecule has 0 heterocycles. The minimum absolute atomic E-state index is 0.306. The molecular weight excluding hydrogens is 308 g/mol. The van der Waals surface area contributed by atoms with Crippen LogP contribution >= 0.6 is 0 Å². The van der Waals surface area contributed by atoms with Gasteiger partial charge in [0.1, 0.15) is 18.3 Å². The number of aliphatic hydroxyl groups excluding tert-OH is 4. The third-order valence-corrected chi connectivity index (χ3v) is 3.11. The Morgan fingerprint density at radius 2 is 1.61 bits per heavy atom. The molecule has 8 nitrogen and oxygen atoms in total. The molecule has 0 aromatic heterocycles. The average Bonchev–Trinajstić information content (AvgIpc) is 2.52. The van der Waals surface area contributed by atoms with Crippen molar-refractivity contribution in [1.82, 2.24) is 0 Å². The van der Waals surface area contributed by atoms with E-state index in [1.165, 1.54) is 12.1 Å². The van der Waals surface area contributed by atoms with Crippen LogP contribution in [0.3, 0.4) is 0 Å². The fourth-order valence-corrected chi connectivity index (χ4v) is 1.67. The lowest BCUT2D eigenvalue weighted by Crippen LogP contribution is -2.48. The first-order valence-electron chi connectivity index (χ1n) is 6.65. The third-order valence-electron chi connectivity index (χ3n) is 3.11. The zero-order chi connectivity index (χ0) is 17.7. The first kappa shape index (κ1) is 18.8. The Hall–Kier alpha value is -2.26. The summed E-state index contributed by atoms with van der Waals surface area (Å²) in [6, 6.07) is 3.69. The van der Waals surface area contributed by atoms with Crippen LogP contribution in [0.5, 0.6) is 11.5 Å². The quantitative estimate of drug-likeness (QED) is 0.205. The molecule has 0 unspecified atom stereocenters. The number of hydrogen-bond acceptors (Lipinski definition) is 8. The highest BCUT2D eigenvalue weighted by atomic mass is 16.4. The normalized spacial score (nSPS) is 16.7. The summed E-state index contributed by atoms with van der Waals surface area (Å²) >= 11 is 0. The zero-order valence-electron chi connectivity index (χ0n) is 12.2. The summed E-state index contributed by atoms with van der Waals surface area (Å²) in [5.74, 6) is -3.28. The minimum atomic E-state index is -2.19. The molecule has 0 radical (unpaired) electrons. The van der Waals surface area contributed by atoms with Crippen LogP contribution in [0.4, 0.5) is 0 Å². The fraction of sp³-hybridized carbons (Fsp3) is 0.333. The van der Waals surface area contributed by atoms with Crippen LogP contribution in [0.2, 0.25) is 0 Å². The highest BCUT2D eigenvalue weighted by molar-refractivity contribution is 6.43. The molecule has 126 valence electrons. The molecule has 23 heavy (non-hydrogen) atoms. The molecule has 0 amide bonds. The topological polar surface area (TPSA) is 156 Å². The predicted molar refractivity (Wildman–Crippen MR) is 78.5 cm³/mol. The van der Waals surface area contributed by atoms with Gasteiger partial charge in [-0.3, -0.25) is 9.59 Å². The largest absolute Gasteiger partial charge is 0.504 e. The number of ketones is 2. The van der Waals surface area contributed by atoms with Crippen LogP contribution in [0.15, 0.2) is 24.3 Å². The van der Waals surface area contributed by atoms with E-state index in [1.807, 2.05) is 0 Å². The van der Waals surface area contributed by atoms with E-state index in [1.54, 1.807) is 0 Å². The number of carbonyl (C=O) groups excluding carboxylic acids is 2. The second-order valence-corrected chi connectivity index (χ2v) is 4.98. The van der Waals surface area contributed by atoms with E-state index in [-0.39, 0.29) is 5.75 Å². The van der Waals surface area contributed by atoms with Gasteiger partial charge in [0.25, 0.3) is 0 Å². The van der Waals surface area contributed by atoms with Gasteiger partial charge in [0.15, 0.2) is 11.5 Å². The van der Waals surface area contributed by atoms with E-state index in [0.717, 1.165) is 25.1 Å². The second-order valence-electron chi connectivity index (χ2n) is 4.98. The van der Waals surface area contributed by atoms with Gasteiger partial charge >= 0.3 is 0 Å². The molecule has 1 rings (SSSR count). The van der Waals surface area contributed by atoms with Crippen molar-refractivity contribution in [2.75, 3.05) is 0 Å². The molecule has 0 saturated carbocycles. The molecule has 0 aliphatic carbocycles. The van der Waals surface area contributed by atoms with Gasteiger partial charge in [-0.25, -0.2) is 0 Å². The predicted octanol–water partition coefficient (Wildman–Crippen LogP) is -1.29. The summed E-state index contributed by atoms with van der Waals surface area (Å²) in [4.78, 5) is 23.3. The maximum absolute atomic E-state index is 11.7. The first-order chi connectivity index (χ1) is 10.6. The maximum atomic E-state index is 11.7. The van der Waals surface area contributed by atoms with Crippen molar-refractivity contribution in [2.24, 2.45) is 0 Å². The minimum Gasteiger partial charge on any atom is -0.504 e. The highest BCUT2D eigenvalue weighted by Gasteiger charge is 2.34. The van der Waals surface area contributed by atoms with Crippen LogP contribution in [0.25, 0.3) is 6.08 Å². The summed E-state index contributed by atoms with van der Waals surface area (Å²) < 4.78 is 0. The number of benzene rings is 1. The Morgan fingerprint density at radius 1 is 1.00 bits per heavy atom. The number of carbonyl (C=O) groups is 2. The Bertz CT molecular complexity index is 607. The average molecular weight is 326 g/mol. The van der Waals surface area contributed by atoms with Gasteiger partial charge in [0.2, 0.25) is 11.6 Å². The molecule has 6 N–H and O–H groups in total. The lowest BCUT2D eigenvalue weighted by atomic mass is 9.98. The van der Waals surface area contributed by atoms with Gasteiger partial charge in [-0.1, -0.05) is 12.1 Å². The number of hydrogen-bond donors (Lipinski definition) is 6. The van der Waals surface area contributed by atoms with Gasteiger partial charge in [-0.2, -0.15) is 0 Å². The highest BCUT2D eigenvalue weighted by Crippen LogP contribution is 2.25. The SMILES string of the molecule is C[C@H](O)[C@H](O)[C@@H](O)[C@@H](O)C(=O)C(=O)/C=C/c1ccc(O)c(O)c1. The summed E-state index contributed by atoms with van der Waals surface area (Å²) in [6.45, 7) is 1.14. The lowest BCUT2D eigenvalue weighted by molar-refractivity contribution is -0.150. The van der Waals surface area contributed by atoms with E-state index in [2.05, 4.69) is 0 Å². The van der Waals surface area contributed by atoms with Crippen molar-refractivity contribution < 1.29 is 40.2 Å². The van der Waals surface area contributed by atoms with Crippen molar-refractivity contribution in [1.29, 1.82) is 0 Å². The van der Waals surface area contributed by atoms with Crippen molar-refractivity contribution in [3.05, 3.63) is 29.8 Å². The van der Waals surface area contributed by atoms with E-state index in [4.69, 9.17) is 10.2 Å². The van der Waals surface area contributed by atoms with E-state index >= 15 is 0 Å². The number of aliphatic hydroxyl groups is 4. The molecule has 1 aromatic carbocycles. The molecule has 0 aliphatic rings. The summed E-state index contributed by atoms with van der Waals surface area (Å²) in [7, 11) is 0. The molecule has 1 aromatic rings. The number of Topliss-reactive ketones (excluding diaryl/α,β-unsaturated/α-hetero) is 1. The van der Waals surface area contributed by atoms with Gasteiger partial charge < -0.3 is 30.6 Å². The zero-order valence-corrected chi connectivity index (χ0v) is 12.2. The Kier molecular flexibility index (Phi) is 6.40.